The van der Waals surface area contributed by atoms with Crippen molar-refractivity contribution in [2.75, 3.05) is 6.54 Å². The molecule has 0 saturated carbocycles. The molecule has 0 spiro atoms. The summed E-state index contributed by atoms with van der Waals surface area (Å²) in [6, 6.07) is 24.6. The molecule has 0 unspecified atom stereocenters. The molecule has 0 aliphatic rings. The van der Waals surface area contributed by atoms with Crippen molar-refractivity contribution in [3.8, 4) is 0 Å². The molecule has 0 heterocycles. The number of aryl methyl sites for hydroxylation is 1. The lowest BCUT2D eigenvalue weighted by atomic mass is 10.0. The molecule has 0 saturated heterocycles. The summed E-state index contributed by atoms with van der Waals surface area (Å²) in [6.45, 7) is 6.99. The summed E-state index contributed by atoms with van der Waals surface area (Å²) in [5, 5.41) is 3.65. The van der Waals surface area contributed by atoms with Gasteiger partial charge in [-0.05, 0) is 41.7 Å². The highest BCUT2D eigenvalue weighted by Gasteiger charge is 2.30. The molecule has 3 rings (SSSR count). The second-order valence-corrected chi connectivity index (χ2v) is 9.59. The quantitative estimate of drug-likeness (QED) is 0.414. The van der Waals surface area contributed by atoms with Crippen molar-refractivity contribution < 1.29 is 9.59 Å². The molecule has 0 radical (unpaired) electrons. The molecule has 0 bridgehead atoms. The van der Waals surface area contributed by atoms with Gasteiger partial charge >= 0.3 is 0 Å². The van der Waals surface area contributed by atoms with Crippen LogP contribution in [0.2, 0.25) is 5.02 Å². The van der Waals surface area contributed by atoms with Crippen molar-refractivity contribution in [1.29, 1.82) is 0 Å². The van der Waals surface area contributed by atoms with Crippen molar-refractivity contribution in [1.82, 2.24) is 10.2 Å². The Hall–Kier alpha value is -3.11. The first-order valence-corrected chi connectivity index (χ1v) is 12.1. The summed E-state index contributed by atoms with van der Waals surface area (Å²) in [5.41, 5.74) is 3.96. The number of benzene rings is 3. The summed E-state index contributed by atoms with van der Waals surface area (Å²) in [4.78, 5) is 28.8. The first-order chi connectivity index (χ1) is 16.3. The molecule has 1 N–H and O–H groups in total. The summed E-state index contributed by atoms with van der Waals surface area (Å²) in [6.07, 6.45) is 0.661. The molecule has 1 atom stereocenters. The van der Waals surface area contributed by atoms with Crippen LogP contribution in [0.4, 0.5) is 0 Å². The van der Waals surface area contributed by atoms with Gasteiger partial charge in [-0.1, -0.05) is 97.7 Å². The molecule has 3 aromatic carbocycles. The van der Waals surface area contributed by atoms with Gasteiger partial charge in [-0.25, -0.2) is 0 Å². The predicted molar refractivity (Wildman–Crippen MR) is 139 cm³/mol. The Bertz CT molecular complexity index is 1080. The number of carbonyl (C=O) groups excluding carboxylic acids is 2. The van der Waals surface area contributed by atoms with Crippen LogP contribution in [-0.2, 0) is 29.0 Å². The monoisotopic (exact) mass is 476 g/mol. The van der Waals surface area contributed by atoms with Gasteiger partial charge in [-0.2, -0.15) is 0 Å². The molecule has 0 aromatic heterocycles. The standard InChI is InChI=1S/C29H33ClN2O2/c1-21(2)19-31-29(34)27(17-23-8-5-4-6-9-23)32(20-25-10-7-11-26(30)16-25)28(33)18-24-14-12-22(3)13-15-24/h4-16,21,27H,17-20H2,1-3H3,(H,31,34)/t27-/m1/s1. The molecule has 0 aliphatic carbocycles. The molecule has 4 nitrogen and oxygen atoms in total. The van der Waals surface area contributed by atoms with Crippen LogP contribution in [0.5, 0.6) is 0 Å². The van der Waals surface area contributed by atoms with E-state index in [1.54, 1.807) is 11.0 Å². The zero-order chi connectivity index (χ0) is 24.5. The second kappa shape index (κ2) is 12.4. The van der Waals surface area contributed by atoms with Gasteiger partial charge in [-0.3, -0.25) is 9.59 Å². The van der Waals surface area contributed by atoms with E-state index in [9.17, 15) is 9.59 Å². The molecular weight excluding hydrogens is 444 g/mol. The molecule has 178 valence electrons. The largest absolute Gasteiger partial charge is 0.354 e. The maximum atomic E-state index is 13.7. The van der Waals surface area contributed by atoms with Gasteiger partial charge in [0, 0.05) is 24.5 Å². The van der Waals surface area contributed by atoms with E-state index in [1.165, 1.54) is 0 Å². The van der Waals surface area contributed by atoms with Crippen LogP contribution >= 0.6 is 11.6 Å². The zero-order valence-electron chi connectivity index (χ0n) is 20.1. The van der Waals surface area contributed by atoms with Gasteiger partial charge in [-0.15, -0.1) is 0 Å². The Morgan fingerprint density at radius 2 is 1.56 bits per heavy atom. The second-order valence-electron chi connectivity index (χ2n) is 9.16. The minimum absolute atomic E-state index is 0.0931. The van der Waals surface area contributed by atoms with Gasteiger partial charge in [0.2, 0.25) is 11.8 Å². The maximum Gasteiger partial charge on any atom is 0.243 e. The van der Waals surface area contributed by atoms with Gasteiger partial charge in [0.15, 0.2) is 0 Å². The Kier molecular flexibility index (Phi) is 9.29. The smallest absolute Gasteiger partial charge is 0.243 e. The first kappa shape index (κ1) is 25.5. The lowest BCUT2D eigenvalue weighted by Crippen LogP contribution is -2.51. The Labute approximate surface area is 207 Å². The number of halogens is 1. The first-order valence-electron chi connectivity index (χ1n) is 11.7. The minimum Gasteiger partial charge on any atom is -0.354 e. The highest BCUT2D eigenvalue weighted by atomic mass is 35.5. The molecule has 3 aromatic rings. The maximum absolute atomic E-state index is 13.7. The van der Waals surface area contributed by atoms with E-state index in [-0.39, 0.29) is 18.2 Å². The minimum atomic E-state index is -0.641. The van der Waals surface area contributed by atoms with Crippen LogP contribution in [0, 0.1) is 12.8 Å². The number of rotatable bonds is 10. The molecule has 0 aliphatic heterocycles. The van der Waals surface area contributed by atoms with Crippen LogP contribution in [-0.4, -0.2) is 29.3 Å². The van der Waals surface area contributed by atoms with E-state index >= 15 is 0 Å². The van der Waals surface area contributed by atoms with Gasteiger partial charge in [0.1, 0.15) is 6.04 Å². The molecule has 34 heavy (non-hydrogen) atoms. The Morgan fingerprint density at radius 3 is 2.21 bits per heavy atom. The summed E-state index contributed by atoms with van der Waals surface area (Å²) < 4.78 is 0. The summed E-state index contributed by atoms with van der Waals surface area (Å²) in [7, 11) is 0. The Balaban J connectivity index is 1.94. The number of nitrogens with one attached hydrogen (secondary N) is 1. The lowest BCUT2D eigenvalue weighted by molar-refractivity contribution is -0.140. The van der Waals surface area contributed by atoms with Crippen LogP contribution in [0.1, 0.15) is 36.1 Å². The van der Waals surface area contributed by atoms with E-state index in [0.29, 0.717) is 30.5 Å². The normalized spacial score (nSPS) is 11.8. The van der Waals surface area contributed by atoms with Crippen molar-refractivity contribution in [2.24, 2.45) is 5.92 Å². The van der Waals surface area contributed by atoms with Crippen molar-refractivity contribution >= 4 is 23.4 Å². The number of hydrogen-bond acceptors (Lipinski definition) is 2. The van der Waals surface area contributed by atoms with Gasteiger partial charge in [0.05, 0.1) is 6.42 Å². The molecule has 2 amide bonds. The van der Waals surface area contributed by atoms with Crippen LogP contribution in [0.15, 0.2) is 78.9 Å². The average molecular weight is 477 g/mol. The van der Waals surface area contributed by atoms with E-state index in [2.05, 4.69) is 19.2 Å². The number of hydrogen-bond donors (Lipinski definition) is 1. The highest BCUT2D eigenvalue weighted by Crippen LogP contribution is 2.19. The van der Waals surface area contributed by atoms with Crippen LogP contribution in [0.25, 0.3) is 0 Å². The van der Waals surface area contributed by atoms with E-state index in [0.717, 1.165) is 22.3 Å². The highest BCUT2D eigenvalue weighted by molar-refractivity contribution is 6.30. The van der Waals surface area contributed by atoms with Crippen LogP contribution < -0.4 is 5.32 Å². The number of amides is 2. The summed E-state index contributed by atoms with van der Waals surface area (Å²) >= 11 is 6.23. The third kappa shape index (κ3) is 7.74. The fourth-order valence-corrected chi connectivity index (χ4v) is 4.00. The van der Waals surface area contributed by atoms with E-state index in [4.69, 9.17) is 11.6 Å². The third-order valence-corrected chi connectivity index (χ3v) is 5.91. The molecule has 0 fully saturated rings. The average Bonchev–Trinajstić information content (AvgIpc) is 2.82. The van der Waals surface area contributed by atoms with E-state index in [1.807, 2.05) is 79.7 Å². The summed E-state index contributed by atoms with van der Waals surface area (Å²) in [5.74, 6) is 0.0762. The van der Waals surface area contributed by atoms with E-state index < -0.39 is 6.04 Å². The zero-order valence-corrected chi connectivity index (χ0v) is 20.9. The fraction of sp³-hybridized carbons (Fsp3) is 0.310. The van der Waals surface area contributed by atoms with Gasteiger partial charge in [0.25, 0.3) is 0 Å². The van der Waals surface area contributed by atoms with Crippen molar-refractivity contribution in [3.05, 3.63) is 106 Å². The lowest BCUT2D eigenvalue weighted by Gasteiger charge is -2.32. The number of carbonyl (C=O) groups is 2. The fourth-order valence-electron chi connectivity index (χ4n) is 3.79. The predicted octanol–water partition coefficient (Wildman–Crippen LogP) is 5.60. The molecular formula is C29H33ClN2O2. The number of nitrogens with zero attached hydrogens (tertiary/aromatic N) is 1. The van der Waals surface area contributed by atoms with Crippen LogP contribution in [0.3, 0.4) is 0 Å². The van der Waals surface area contributed by atoms with Crippen molar-refractivity contribution in [3.63, 3.8) is 0 Å². The molecule has 5 heteroatoms. The SMILES string of the molecule is Cc1ccc(CC(=O)N(Cc2cccc(Cl)c2)[C@H](Cc2ccccc2)C(=O)NCC(C)C)cc1. The van der Waals surface area contributed by atoms with Crippen molar-refractivity contribution in [2.45, 2.75) is 46.2 Å². The topological polar surface area (TPSA) is 49.4 Å². The Morgan fingerprint density at radius 1 is 0.882 bits per heavy atom. The third-order valence-electron chi connectivity index (χ3n) is 5.67. The van der Waals surface area contributed by atoms with Gasteiger partial charge < -0.3 is 10.2 Å².